The minimum atomic E-state index is -0.391. The number of imide groups is 1. The van der Waals surface area contributed by atoms with Crippen molar-refractivity contribution < 1.29 is 9.59 Å². The van der Waals surface area contributed by atoms with E-state index in [1.165, 1.54) is 11.3 Å². The molecule has 1 unspecified atom stereocenters. The van der Waals surface area contributed by atoms with Crippen molar-refractivity contribution in [3.8, 4) is 0 Å². The molecule has 106 valence electrons. The van der Waals surface area contributed by atoms with Crippen molar-refractivity contribution in [2.24, 2.45) is 0 Å². The van der Waals surface area contributed by atoms with Crippen LogP contribution >= 0.6 is 11.6 Å². The standard InChI is InChI=1S/C16H18ClNO2/c17-14-9-5-4-8-12(14)13-10-15(19)18(16(13)20)11-6-2-1-3-7-11/h4-5,8-9,11,13H,1-3,6-7,10H2. The highest BCUT2D eigenvalue weighted by Gasteiger charge is 2.43. The molecule has 3 nitrogen and oxygen atoms in total. The Kier molecular flexibility index (Phi) is 3.79. The molecule has 0 aromatic heterocycles. The van der Waals surface area contributed by atoms with Crippen molar-refractivity contribution >= 4 is 23.4 Å². The van der Waals surface area contributed by atoms with Gasteiger partial charge in [-0.25, -0.2) is 0 Å². The lowest BCUT2D eigenvalue weighted by Gasteiger charge is -2.29. The van der Waals surface area contributed by atoms with Gasteiger partial charge in [0.1, 0.15) is 0 Å². The normalized spacial score (nSPS) is 24.4. The fourth-order valence-electron chi connectivity index (χ4n) is 3.37. The second-order valence-electron chi connectivity index (χ2n) is 5.67. The van der Waals surface area contributed by atoms with Crippen molar-refractivity contribution in [3.05, 3.63) is 34.9 Å². The first kappa shape index (κ1) is 13.6. The summed E-state index contributed by atoms with van der Waals surface area (Å²) < 4.78 is 0. The first-order valence-electron chi connectivity index (χ1n) is 7.29. The molecular weight excluding hydrogens is 274 g/mol. The second-order valence-corrected chi connectivity index (χ2v) is 6.08. The van der Waals surface area contributed by atoms with Crippen molar-refractivity contribution in [3.63, 3.8) is 0 Å². The maximum absolute atomic E-state index is 12.6. The monoisotopic (exact) mass is 291 g/mol. The summed E-state index contributed by atoms with van der Waals surface area (Å²) in [6.07, 6.45) is 5.59. The first-order valence-corrected chi connectivity index (χ1v) is 7.66. The summed E-state index contributed by atoms with van der Waals surface area (Å²) in [6, 6.07) is 7.44. The Bertz CT molecular complexity index is 537. The maximum Gasteiger partial charge on any atom is 0.237 e. The first-order chi connectivity index (χ1) is 9.68. The number of hydrogen-bond acceptors (Lipinski definition) is 2. The van der Waals surface area contributed by atoms with Gasteiger partial charge in [0, 0.05) is 17.5 Å². The van der Waals surface area contributed by atoms with Gasteiger partial charge in [-0.3, -0.25) is 14.5 Å². The highest BCUT2D eigenvalue weighted by atomic mass is 35.5. The summed E-state index contributed by atoms with van der Waals surface area (Å²) >= 11 is 6.17. The molecule has 20 heavy (non-hydrogen) atoms. The Morgan fingerprint density at radius 2 is 1.75 bits per heavy atom. The molecule has 2 fully saturated rings. The lowest BCUT2D eigenvalue weighted by molar-refractivity contribution is -0.142. The molecule has 0 radical (unpaired) electrons. The molecule has 4 heteroatoms. The van der Waals surface area contributed by atoms with Crippen molar-refractivity contribution in [2.75, 3.05) is 0 Å². The van der Waals surface area contributed by atoms with E-state index in [2.05, 4.69) is 0 Å². The molecule has 1 saturated carbocycles. The Morgan fingerprint density at radius 3 is 2.45 bits per heavy atom. The van der Waals surface area contributed by atoms with Crippen LogP contribution in [0, 0.1) is 0 Å². The molecule has 1 heterocycles. The minimum absolute atomic E-state index is 0.0354. The Hall–Kier alpha value is -1.35. The summed E-state index contributed by atoms with van der Waals surface area (Å²) in [5, 5.41) is 0.573. The average molecular weight is 292 g/mol. The van der Waals surface area contributed by atoms with Gasteiger partial charge in [0.25, 0.3) is 0 Å². The summed E-state index contributed by atoms with van der Waals surface area (Å²) in [7, 11) is 0. The van der Waals surface area contributed by atoms with Crippen LogP contribution in [0.5, 0.6) is 0 Å². The number of halogens is 1. The van der Waals surface area contributed by atoms with Crippen LogP contribution in [0.3, 0.4) is 0 Å². The number of likely N-dealkylation sites (tertiary alicyclic amines) is 1. The molecular formula is C16H18ClNO2. The summed E-state index contributed by atoms with van der Waals surface area (Å²) in [5.41, 5.74) is 0.783. The van der Waals surface area contributed by atoms with Gasteiger partial charge in [-0.05, 0) is 24.5 Å². The van der Waals surface area contributed by atoms with E-state index < -0.39 is 5.92 Å². The van der Waals surface area contributed by atoms with Crippen molar-refractivity contribution in [1.29, 1.82) is 0 Å². The molecule has 1 saturated heterocycles. The zero-order valence-corrected chi connectivity index (χ0v) is 12.1. The average Bonchev–Trinajstić information content (AvgIpc) is 2.75. The van der Waals surface area contributed by atoms with Crippen molar-refractivity contribution in [1.82, 2.24) is 4.90 Å². The predicted octanol–water partition coefficient (Wildman–Crippen LogP) is 3.52. The molecule has 3 rings (SSSR count). The topological polar surface area (TPSA) is 37.4 Å². The van der Waals surface area contributed by atoms with Crippen LogP contribution in [0.15, 0.2) is 24.3 Å². The number of amides is 2. The van der Waals surface area contributed by atoms with E-state index in [0.717, 1.165) is 31.2 Å². The molecule has 0 N–H and O–H groups in total. The molecule has 1 aromatic carbocycles. The van der Waals surface area contributed by atoms with E-state index in [9.17, 15) is 9.59 Å². The Morgan fingerprint density at radius 1 is 1.05 bits per heavy atom. The van der Waals surface area contributed by atoms with Gasteiger partial charge < -0.3 is 0 Å². The molecule has 1 aromatic rings. The van der Waals surface area contributed by atoms with E-state index in [4.69, 9.17) is 11.6 Å². The highest BCUT2D eigenvalue weighted by Crippen LogP contribution is 2.37. The van der Waals surface area contributed by atoms with E-state index >= 15 is 0 Å². The van der Waals surface area contributed by atoms with E-state index in [-0.39, 0.29) is 24.3 Å². The van der Waals surface area contributed by atoms with Gasteiger partial charge in [0.05, 0.1) is 5.92 Å². The van der Waals surface area contributed by atoms with Crippen LogP contribution < -0.4 is 0 Å². The zero-order chi connectivity index (χ0) is 14.1. The van der Waals surface area contributed by atoms with Gasteiger partial charge in [-0.1, -0.05) is 49.1 Å². The molecule has 1 aliphatic carbocycles. The third-order valence-corrected chi connectivity index (χ3v) is 4.75. The van der Waals surface area contributed by atoms with Gasteiger partial charge in [0.2, 0.25) is 11.8 Å². The molecule has 0 spiro atoms. The molecule has 1 aliphatic heterocycles. The number of carbonyl (C=O) groups excluding carboxylic acids is 2. The van der Waals surface area contributed by atoms with Crippen LogP contribution in [0.2, 0.25) is 5.02 Å². The molecule has 1 atom stereocenters. The Labute approximate surface area is 123 Å². The van der Waals surface area contributed by atoms with Gasteiger partial charge >= 0.3 is 0 Å². The molecule has 2 amide bonds. The van der Waals surface area contributed by atoms with Crippen LogP contribution in [0.1, 0.15) is 50.0 Å². The second kappa shape index (κ2) is 5.57. The predicted molar refractivity (Wildman–Crippen MR) is 77.5 cm³/mol. The lowest BCUT2D eigenvalue weighted by Crippen LogP contribution is -2.41. The number of benzene rings is 1. The largest absolute Gasteiger partial charge is 0.279 e. The smallest absolute Gasteiger partial charge is 0.237 e. The highest BCUT2D eigenvalue weighted by molar-refractivity contribution is 6.31. The van der Waals surface area contributed by atoms with Crippen LogP contribution in [0.4, 0.5) is 0 Å². The van der Waals surface area contributed by atoms with Gasteiger partial charge in [-0.15, -0.1) is 0 Å². The van der Waals surface area contributed by atoms with Crippen molar-refractivity contribution in [2.45, 2.75) is 50.5 Å². The SMILES string of the molecule is O=C1CC(c2ccccc2Cl)C(=O)N1C1CCCCC1. The minimum Gasteiger partial charge on any atom is -0.279 e. The third-order valence-electron chi connectivity index (χ3n) is 4.40. The number of nitrogens with zero attached hydrogens (tertiary/aromatic N) is 1. The molecule has 2 aliphatic rings. The lowest BCUT2D eigenvalue weighted by atomic mass is 9.94. The summed E-state index contributed by atoms with van der Waals surface area (Å²) in [6.45, 7) is 0. The maximum atomic E-state index is 12.6. The number of carbonyl (C=O) groups is 2. The van der Waals surface area contributed by atoms with Crippen LogP contribution in [0.25, 0.3) is 0 Å². The van der Waals surface area contributed by atoms with E-state index in [1.54, 1.807) is 6.07 Å². The summed E-state index contributed by atoms with van der Waals surface area (Å²) in [4.78, 5) is 26.4. The fourth-order valence-corrected chi connectivity index (χ4v) is 3.64. The van der Waals surface area contributed by atoms with Gasteiger partial charge in [-0.2, -0.15) is 0 Å². The van der Waals surface area contributed by atoms with Gasteiger partial charge in [0.15, 0.2) is 0 Å². The molecule has 0 bridgehead atoms. The Balaban J connectivity index is 1.85. The number of rotatable bonds is 2. The third kappa shape index (κ3) is 2.35. The van der Waals surface area contributed by atoms with E-state index in [1.807, 2.05) is 18.2 Å². The van der Waals surface area contributed by atoms with Crippen LogP contribution in [-0.2, 0) is 9.59 Å². The number of hydrogen-bond donors (Lipinski definition) is 0. The quantitative estimate of drug-likeness (QED) is 0.782. The van der Waals surface area contributed by atoms with Crippen LogP contribution in [-0.4, -0.2) is 22.8 Å². The zero-order valence-electron chi connectivity index (χ0n) is 11.3. The van der Waals surface area contributed by atoms with E-state index in [0.29, 0.717) is 5.02 Å². The summed E-state index contributed by atoms with van der Waals surface area (Å²) in [5.74, 6) is -0.486. The fraction of sp³-hybridized carbons (Fsp3) is 0.500.